The third kappa shape index (κ3) is 53.5. The third-order valence-electron chi connectivity index (χ3n) is 12.1. The molecule has 6 heteroatoms. The molecule has 0 saturated carbocycles. The van der Waals surface area contributed by atoms with Crippen molar-refractivity contribution in [2.45, 2.75) is 277 Å². The Morgan fingerprint density at radius 3 is 1.00 bits per heavy atom. The molecule has 0 aromatic rings. The van der Waals surface area contributed by atoms with Crippen LogP contribution in [0.3, 0.4) is 0 Å². The maximum Gasteiger partial charge on any atom is 0.306 e. The monoisotopic (exact) mass is 947 g/mol. The standard InChI is InChI=1S/C62H106O6/c1-4-7-10-13-16-19-22-24-26-28-30-31-33-34-36-38-40-43-46-49-52-55-61(64)67-58-59(57-66-60(63)54-51-48-45-42-21-18-15-12-9-6-3)68-62(65)56-53-50-47-44-41-39-37-35-32-29-27-25-23-20-17-14-11-8-5-2/h7,10,12,15-16,19,24,26,30-31,34,36,40,43,59H,4-6,8-9,11,13-14,17-18,20-23,25,27-29,32-33,35,37-39,41-42,44-58H2,1-3H3/b10-7-,15-12-,19-16-,26-24-,31-30-,36-34-,43-40-. The van der Waals surface area contributed by atoms with Crippen molar-refractivity contribution in [1.29, 1.82) is 0 Å². The molecule has 0 rings (SSSR count). The Labute approximate surface area is 420 Å². The van der Waals surface area contributed by atoms with E-state index in [4.69, 9.17) is 14.2 Å². The molecular weight excluding hydrogens is 841 g/mol. The summed E-state index contributed by atoms with van der Waals surface area (Å²) in [4.78, 5) is 38.1. The molecule has 0 aliphatic heterocycles. The van der Waals surface area contributed by atoms with Crippen LogP contribution in [0.2, 0.25) is 0 Å². The molecular formula is C62H106O6. The number of hydrogen-bond donors (Lipinski definition) is 0. The molecule has 0 aromatic heterocycles. The van der Waals surface area contributed by atoms with Crippen LogP contribution in [0.15, 0.2) is 85.1 Å². The van der Waals surface area contributed by atoms with Gasteiger partial charge in [-0.05, 0) is 89.9 Å². The van der Waals surface area contributed by atoms with Crippen LogP contribution in [-0.4, -0.2) is 37.2 Å². The van der Waals surface area contributed by atoms with Gasteiger partial charge in [0.2, 0.25) is 0 Å². The lowest BCUT2D eigenvalue weighted by Crippen LogP contribution is -2.30. The van der Waals surface area contributed by atoms with Crippen molar-refractivity contribution < 1.29 is 28.6 Å². The van der Waals surface area contributed by atoms with Gasteiger partial charge < -0.3 is 14.2 Å². The lowest BCUT2D eigenvalue weighted by Gasteiger charge is -2.18. The van der Waals surface area contributed by atoms with E-state index in [0.29, 0.717) is 19.3 Å². The Bertz CT molecular complexity index is 1320. The van der Waals surface area contributed by atoms with Crippen molar-refractivity contribution in [1.82, 2.24) is 0 Å². The Morgan fingerprint density at radius 2 is 0.603 bits per heavy atom. The van der Waals surface area contributed by atoms with Crippen LogP contribution < -0.4 is 0 Å². The Hall–Kier alpha value is -3.41. The maximum atomic E-state index is 12.8. The van der Waals surface area contributed by atoms with Crippen LogP contribution in [0.4, 0.5) is 0 Å². The lowest BCUT2D eigenvalue weighted by atomic mass is 10.0. The minimum atomic E-state index is -0.796. The first-order valence-electron chi connectivity index (χ1n) is 28.6. The molecule has 0 bridgehead atoms. The predicted octanol–water partition coefficient (Wildman–Crippen LogP) is 19.2. The molecule has 1 atom stereocenters. The van der Waals surface area contributed by atoms with Crippen LogP contribution in [0.5, 0.6) is 0 Å². The van der Waals surface area contributed by atoms with Gasteiger partial charge >= 0.3 is 17.9 Å². The zero-order chi connectivity index (χ0) is 49.3. The number of unbranched alkanes of at least 4 members (excludes halogenated alkanes) is 26. The molecule has 0 N–H and O–H groups in total. The molecule has 0 aliphatic rings. The van der Waals surface area contributed by atoms with Crippen LogP contribution in [-0.2, 0) is 28.6 Å². The quantitative estimate of drug-likeness (QED) is 0.0262. The molecule has 0 amide bonds. The molecule has 0 saturated heterocycles. The van der Waals surface area contributed by atoms with Gasteiger partial charge in [0.1, 0.15) is 13.2 Å². The van der Waals surface area contributed by atoms with Gasteiger partial charge in [-0.25, -0.2) is 0 Å². The van der Waals surface area contributed by atoms with Gasteiger partial charge in [0.15, 0.2) is 6.10 Å². The van der Waals surface area contributed by atoms with E-state index in [1.165, 1.54) is 116 Å². The van der Waals surface area contributed by atoms with E-state index in [-0.39, 0.29) is 31.1 Å². The normalized spacial score (nSPS) is 12.7. The van der Waals surface area contributed by atoms with Crippen molar-refractivity contribution in [2.75, 3.05) is 13.2 Å². The van der Waals surface area contributed by atoms with E-state index in [9.17, 15) is 14.4 Å². The summed E-state index contributed by atoms with van der Waals surface area (Å²) in [7, 11) is 0. The number of hydrogen-bond acceptors (Lipinski definition) is 6. The van der Waals surface area contributed by atoms with Crippen LogP contribution in [0.1, 0.15) is 271 Å². The zero-order valence-corrected chi connectivity index (χ0v) is 44.6. The van der Waals surface area contributed by atoms with E-state index in [1.807, 2.05) is 0 Å². The second kappa shape index (κ2) is 56.2. The van der Waals surface area contributed by atoms with E-state index < -0.39 is 6.10 Å². The van der Waals surface area contributed by atoms with Crippen LogP contribution >= 0.6 is 0 Å². The third-order valence-corrected chi connectivity index (χ3v) is 12.1. The first-order chi connectivity index (χ1) is 33.5. The van der Waals surface area contributed by atoms with Gasteiger partial charge in [-0.15, -0.1) is 0 Å². The van der Waals surface area contributed by atoms with Crippen molar-refractivity contribution in [3.05, 3.63) is 85.1 Å². The van der Waals surface area contributed by atoms with Crippen molar-refractivity contribution in [3.63, 3.8) is 0 Å². The molecule has 0 aliphatic carbocycles. The number of allylic oxidation sites excluding steroid dienone is 14. The Kier molecular flexibility index (Phi) is 53.4. The average molecular weight is 948 g/mol. The van der Waals surface area contributed by atoms with Gasteiger partial charge in [0.25, 0.3) is 0 Å². The number of carbonyl (C=O) groups excluding carboxylic acids is 3. The van der Waals surface area contributed by atoms with Crippen LogP contribution in [0, 0.1) is 0 Å². The smallest absolute Gasteiger partial charge is 0.306 e. The van der Waals surface area contributed by atoms with Crippen LogP contribution in [0.25, 0.3) is 0 Å². The predicted molar refractivity (Wildman–Crippen MR) is 293 cm³/mol. The second-order valence-corrected chi connectivity index (χ2v) is 18.8. The summed E-state index contributed by atoms with van der Waals surface area (Å²) in [6.07, 6.45) is 73.0. The number of esters is 3. The lowest BCUT2D eigenvalue weighted by molar-refractivity contribution is -0.167. The highest BCUT2D eigenvalue weighted by atomic mass is 16.6. The average Bonchev–Trinajstić information content (AvgIpc) is 3.34. The minimum Gasteiger partial charge on any atom is -0.462 e. The summed E-state index contributed by atoms with van der Waals surface area (Å²) in [6.45, 7) is 6.44. The topological polar surface area (TPSA) is 78.9 Å². The van der Waals surface area contributed by atoms with Crippen molar-refractivity contribution >= 4 is 17.9 Å². The molecule has 0 heterocycles. The fourth-order valence-electron chi connectivity index (χ4n) is 7.86. The summed E-state index contributed by atoms with van der Waals surface area (Å²) in [6, 6.07) is 0. The van der Waals surface area contributed by atoms with Gasteiger partial charge in [-0.2, -0.15) is 0 Å². The van der Waals surface area contributed by atoms with Crippen molar-refractivity contribution in [3.8, 4) is 0 Å². The molecule has 0 aromatic carbocycles. The fourth-order valence-corrected chi connectivity index (χ4v) is 7.86. The largest absolute Gasteiger partial charge is 0.462 e. The number of rotatable bonds is 51. The maximum absolute atomic E-state index is 12.8. The summed E-state index contributed by atoms with van der Waals surface area (Å²) in [5, 5.41) is 0. The molecule has 390 valence electrons. The van der Waals surface area contributed by atoms with E-state index in [1.54, 1.807) is 0 Å². The first-order valence-corrected chi connectivity index (χ1v) is 28.6. The first kappa shape index (κ1) is 64.6. The zero-order valence-electron chi connectivity index (χ0n) is 44.6. The minimum absolute atomic E-state index is 0.0934. The van der Waals surface area contributed by atoms with Gasteiger partial charge in [0.05, 0.1) is 0 Å². The molecule has 0 radical (unpaired) electrons. The second-order valence-electron chi connectivity index (χ2n) is 18.8. The Morgan fingerprint density at radius 1 is 0.309 bits per heavy atom. The SMILES string of the molecule is CC/C=C\C/C=C\C/C=C\C/C=C\C/C=C\C/C=C\CCCCC(=O)OCC(COC(=O)CCCCCCC/C=C\CCC)OC(=O)CCCCCCCCCCCCCCCCCCCCC. The molecule has 1 unspecified atom stereocenters. The summed E-state index contributed by atoms with van der Waals surface area (Å²) >= 11 is 0. The Balaban J connectivity index is 4.38. The molecule has 68 heavy (non-hydrogen) atoms. The summed E-state index contributed by atoms with van der Waals surface area (Å²) in [5.74, 6) is -0.942. The summed E-state index contributed by atoms with van der Waals surface area (Å²) in [5.41, 5.74) is 0. The van der Waals surface area contributed by atoms with E-state index in [0.717, 1.165) is 116 Å². The highest BCUT2D eigenvalue weighted by molar-refractivity contribution is 5.71. The highest BCUT2D eigenvalue weighted by Gasteiger charge is 2.19. The number of carbonyl (C=O) groups is 3. The fraction of sp³-hybridized carbons (Fsp3) is 0.726. The highest BCUT2D eigenvalue weighted by Crippen LogP contribution is 2.16. The van der Waals surface area contributed by atoms with Gasteiger partial charge in [-0.1, -0.05) is 247 Å². The molecule has 6 nitrogen and oxygen atoms in total. The molecule has 0 spiro atoms. The molecule has 0 fully saturated rings. The van der Waals surface area contributed by atoms with Gasteiger partial charge in [0, 0.05) is 19.3 Å². The van der Waals surface area contributed by atoms with E-state index in [2.05, 4.69) is 106 Å². The number of ether oxygens (including phenoxy) is 3. The van der Waals surface area contributed by atoms with Gasteiger partial charge in [-0.3, -0.25) is 14.4 Å². The van der Waals surface area contributed by atoms with E-state index >= 15 is 0 Å². The van der Waals surface area contributed by atoms with Crippen molar-refractivity contribution in [2.24, 2.45) is 0 Å². The summed E-state index contributed by atoms with van der Waals surface area (Å²) < 4.78 is 16.8.